The molecule has 2 heterocycles. The van der Waals surface area contributed by atoms with Crippen LogP contribution in [0.5, 0.6) is 0 Å². The Bertz CT molecular complexity index is 892. The van der Waals surface area contributed by atoms with Crippen molar-refractivity contribution in [3.63, 3.8) is 0 Å². The molecule has 0 radical (unpaired) electrons. The van der Waals surface area contributed by atoms with Gasteiger partial charge >= 0.3 is 6.18 Å². The minimum atomic E-state index is -4.41. The van der Waals surface area contributed by atoms with Crippen LogP contribution >= 0.6 is 0 Å². The number of carbonyl (C=O) groups is 1. The van der Waals surface area contributed by atoms with Crippen molar-refractivity contribution in [2.45, 2.75) is 37.3 Å². The summed E-state index contributed by atoms with van der Waals surface area (Å²) in [6.45, 7) is 2.18. The molecule has 0 atom stereocenters. The molecule has 0 spiro atoms. The third-order valence-corrected chi connectivity index (χ3v) is 6.20. The van der Waals surface area contributed by atoms with Gasteiger partial charge in [0, 0.05) is 32.4 Å². The highest BCUT2D eigenvalue weighted by Crippen LogP contribution is 2.45. The third-order valence-electron chi connectivity index (χ3n) is 6.20. The van der Waals surface area contributed by atoms with Crippen molar-refractivity contribution in [2.75, 3.05) is 31.1 Å². The number of aromatic nitrogens is 1. The fourth-order valence-electron chi connectivity index (χ4n) is 4.32. The molecule has 30 heavy (non-hydrogen) atoms. The molecular weight excluding hydrogens is 398 g/mol. The molecule has 0 unspecified atom stereocenters. The van der Waals surface area contributed by atoms with E-state index in [1.165, 1.54) is 18.2 Å². The highest BCUT2D eigenvalue weighted by Gasteiger charge is 2.47. The lowest BCUT2D eigenvalue weighted by Gasteiger charge is -2.44. The normalized spacial score (nSPS) is 19.2. The van der Waals surface area contributed by atoms with Crippen molar-refractivity contribution in [3.05, 3.63) is 59.5 Å². The standard InChI is InChI=1S/C22H23F4N3O/c23-18-6-3-16(4-7-18)21(9-1-10-21)20(30)29-12-2-11-28(13-14-29)19-8-5-17(15-27-19)22(24,25)26/h3-8,15H,1-2,9-14H2. The van der Waals surface area contributed by atoms with Gasteiger partial charge in [0.2, 0.25) is 5.91 Å². The zero-order chi connectivity index (χ0) is 21.4. The van der Waals surface area contributed by atoms with Gasteiger partial charge in [-0.3, -0.25) is 4.79 Å². The van der Waals surface area contributed by atoms with Crippen molar-refractivity contribution >= 4 is 11.7 Å². The molecule has 2 fully saturated rings. The van der Waals surface area contributed by atoms with Gasteiger partial charge in [0.15, 0.2) is 0 Å². The number of amides is 1. The first-order valence-corrected chi connectivity index (χ1v) is 10.1. The maximum Gasteiger partial charge on any atom is 0.417 e. The fourth-order valence-corrected chi connectivity index (χ4v) is 4.32. The molecule has 0 N–H and O–H groups in total. The SMILES string of the molecule is O=C(N1CCCN(c2ccc(C(F)(F)F)cn2)CC1)C1(c2ccc(F)cc2)CCC1. The smallest absolute Gasteiger partial charge is 0.355 e. The summed E-state index contributed by atoms with van der Waals surface area (Å²) in [5.41, 5.74) is -0.509. The summed E-state index contributed by atoms with van der Waals surface area (Å²) in [5.74, 6) is 0.215. The van der Waals surface area contributed by atoms with E-state index in [4.69, 9.17) is 0 Å². The molecular formula is C22H23F4N3O. The molecule has 1 aromatic heterocycles. The van der Waals surface area contributed by atoms with Crippen molar-refractivity contribution in [1.82, 2.24) is 9.88 Å². The van der Waals surface area contributed by atoms with Gasteiger partial charge in [-0.2, -0.15) is 13.2 Å². The van der Waals surface area contributed by atoms with Crippen LogP contribution in [0.15, 0.2) is 42.6 Å². The lowest BCUT2D eigenvalue weighted by atomic mass is 9.63. The van der Waals surface area contributed by atoms with Gasteiger partial charge < -0.3 is 9.80 Å². The number of hydrogen-bond donors (Lipinski definition) is 0. The fraction of sp³-hybridized carbons (Fsp3) is 0.455. The monoisotopic (exact) mass is 421 g/mol. The van der Waals surface area contributed by atoms with Crippen LogP contribution in [-0.4, -0.2) is 42.0 Å². The maximum absolute atomic E-state index is 13.4. The minimum absolute atomic E-state index is 0.0580. The van der Waals surface area contributed by atoms with Crippen molar-refractivity contribution < 1.29 is 22.4 Å². The second-order valence-corrected chi connectivity index (χ2v) is 7.98. The van der Waals surface area contributed by atoms with E-state index in [0.717, 1.165) is 37.1 Å². The quantitative estimate of drug-likeness (QED) is 0.690. The van der Waals surface area contributed by atoms with Crippen molar-refractivity contribution in [2.24, 2.45) is 0 Å². The average Bonchev–Trinajstić information content (AvgIpc) is 2.94. The van der Waals surface area contributed by atoms with E-state index in [2.05, 4.69) is 4.98 Å². The number of halogens is 4. The number of benzene rings is 1. The highest BCUT2D eigenvalue weighted by atomic mass is 19.4. The van der Waals surface area contributed by atoms with Crippen molar-refractivity contribution in [1.29, 1.82) is 0 Å². The minimum Gasteiger partial charge on any atom is -0.355 e. The Hall–Kier alpha value is -2.64. The Morgan fingerprint density at radius 2 is 1.67 bits per heavy atom. The number of anilines is 1. The van der Waals surface area contributed by atoms with E-state index in [1.54, 1.807) is 12.1 Å². The summed E-state index contributed by atoms with van der Waals surface area (Å²) in [5, 5.41) is 0. The average molecular weight is 421 g/mol. The molecule has 0 bridgehead atoms. The predicted octanol–water partition coefficient (Wildman–Crippen LogP) is 4.40. The highest BCUT2D eigenvalue weighted by molar-refractivity contribution is 5.89. The molecule has 2 aromatic rings. The number of hydrogen-bond acceptors (Lipinski definition) is 3. The Kier molecular flexibility index (Phi) is 5.42. The van der Waals surface area contributed by atoms with Gasteiger partial charge in [-0.15, -0.1) is 0 Å². The summed E-state index contributed by atoms with van der Waals surface area (Å²) >= 11 is 0. The number of nitrogens with zero attached hydrogens (tertiary/aromatic N) is 3. The summed E-state index contributed by atoms with van der Waals surface area (Å²) in [6, 6.07) is 8.60. The summed E-state index contributed by atoms with van der Waals surface area (Å²) in [6.07, 6.45) is -0.408. The third kappa shape index (κ3) is 3.87. The van der Waals surface area contributed by atoms with Gasteiger partial charge in [-0.05, 0) is 49.1 Å². The van der Waals surface area contributed by atoms with Crippen LogP contribution in [0.3, 0.4) is 0 Å². The first-order chi connectivity index (χ1) is 14.3. The maximum atomic E-state index is 13.4. The van der Waals surface area contributed by atoms with Gasteiger partial charge in [0.05, 0.1) is 11.0 Å². The summed E-state index contributed by atoms with van der Waals surface area (Å²) in [7, 11) is 0. The first-order valence-electron chi connectivity index (χ1n) is 10.1. The zero-order valence-electron chi connectivity index (χ0n) is 16.5. The summed E-state index contributed by atoms with van der Waals surface area (Å²) < 4.78 is 51.6. The van der Waals surface area contributed by atoms with Gasteiger partial charge in [0.25, 0.3) is 0 Å². The van der Waals surface area contributed by atoms with E-state index >= 15 is 0 Å². The molecule has 1 saturated heterocycles. The van der Waals surface area contributed by atoms with Gasteiger partial charge in [0.1, 0.15) is 11.6 Å². The summed E-state index contributed by atoms with van der Waals surface area (Å²) in [4.78, 5) is 21.1. The molecule has 2 aliphatic rings. The van der Waals surface area contributed by atoms with Crippen LogP contribution in [0.1, 0.15) is 36.8 Å². The Labute approximate surface area is 172 Å². The Morgan fingerprint density at radius 1 is 0.933 bits per heavy atom. The lowest BCUT2D eigenvalue weighted by Crippen LogP contribution is -2.52. The van der Waals surface area contributed by atoms with Crippen molar-refractivity contribution in [3.8, 4) is 0 Å². The molecule has 1 aromatic carbocycles. The predicted molar refractivity (Wildman–Crippen MR) is 105 cm³/mol. The van der Waals surface area contributed by atoms with E-state index in [0.29, 0.717) is 38.4 Å². The molecule has 4 rings (SSSR count). The van der Waals surface area contributed by atoms with Gasteiger partial charge in [-0.1, -0.05) is 18.6 Å². The molecule has 8 heteroatoms. The zero-order valence-corrected chi connectivity index (χ0v) is 16.5. The lowest BCUT2D eigenvalue weighted by molar-refractivity contribution is -0.140. The first kappa shape index (κ1) is 20.6. The molecule has 4 nitrogen and oxygen atoms in total. The van der Waals surface area contributed by atoms with E-state index in [-0.39, 0.29) is 11.7 Å². The van der Waals surface area contributed by atoms with Gasteiger partial charge in [-0.25, -0.2) is 9.37 Å². The van der Waals surface area contributed by atoms with Crippen LogP contribution in [0, 0.1) is 5.82 Å². The Balaban J connectivity index is 1.46. The topological polar surface area (TPSA) is 36.4 Å². The molecule has 160 valence electrons. The number of alkyl halides is 3. The van der Waals surface area contributed by atoms with Crippen LogP contribution in [0.2, 0.25) is 0 Å². The molecule has 1 saturated carbocycles. The number of pyridine rings is 1. The van der Waals surface area contributed by atoms with E-state index in [1.807, 2.05) is 9.80 Å². The van der Waals surface area contributed by atoms with E-state index < -0.39 is 17.2 Å². The molecule has 1 aliphatic heterocycles. The molecule has 1 aliphatic carbocycles. The second kappa shape index (κ2) is 7.89. The van der Waals surface area contributed by atoms with Crippen LogP contribution < -0.4 is 4.90 Å². The number of carbonyl (C=O) groups excluding carboxylic acids is 1. The van der Waals surface area contributed by atoms with E-state index in [9.17, 15) is 22.4 Å². The number of rotatable bonds is 3. The second-order valence-electron chi connectivity index (χ2n) is 7.98. The molecule has 1 amide bonds. The van der Waals surface area contributed by atoms with Crippen LogP contribution in [-0.2, 0) is 16.4 Å². The van der Waals surface area contributed by atoms with Crippen LogP contribution in [0.4, 0.5) is 23.4 Å². The largest absolute Gasteiger partial charge is 0.417 e. The Morgan fingerprint density at radius 3 is 2.23 bits per heavy atom. The van der Waals surface area contributed by atoms with Crippen LogP contribution in [0.25, 0.3) is 0 Å².